The van der Waals surface area contributed by atoms with Gasteiger partial charge in [-0.2, -0.15) is 0 Å². The van der Waals surface area contributed by atoms with Gasteiger partial charge in [0.15, 0.2) is 0 Å². The number of hydrogen-bond donors (Lipinski definition) is 1. The Bertz CT molecular complexity index is 411. The summed E-state index contributed by atoms with van der Waals surface area (Å²) >= 11 is 0. The highest BCUT2D eigenvalue weighted by Crippen LogP contribution is 2.09. The van der Waals surface area contributed by atoms with Gasteiger partial charge in [0.25, 0.3) is 0 Å². The molecule has 4 heteroatoms. The predicted molar refractivity (Wildman–Crippen MR) is 79.2 cm³/mol. The summed E-state index contributed by atoms with van der Waals surface area (Å²) < 4.78 is 5.29. The number of ether oxygens (including phenoxy) is 1. The SMILES string of the molecule is CC(CN(C)CC(C)(C)O)C(=O)OCc1ccccc1. The average molecular weight is 279 g/mol. The number of aliphatic hydroxyl groups is 1. The van der Waals surface area contributed by atoms with Crippen LogP contribution in [0, 0.1) is 5.92 Å². The van der Waals surface area contributed by atoms with Crippen LogP contribution in [0.25, 0.3) is 0 Å². The van der Waals surface area contributed by atoms with E-state index in [2.05, 4.69) is 0 Å². The van der Waals surface area contributed by atoms with Crippen molar-refractivity contribution < 1.29 is 14.6 Å². The molecule has 0 aromatic heterocycles. The van der Waals surface area contributed by atoms with Gasteiger partial charge in [0, 0.05) is 13.1 Å². The smallest absolute Gasteiger partial charge is 0.310 e. The van der Waals surface area contributed by atoms with Gasteiger partial charge in [0.05, 0.1) is 11.5 Å². The van der Waals surface area contributed by atoms with E-state index in [1.807, 2.05) is 49.2 Å². The predicted octanol–water partition coefficient (Wildman–Crippen LogP) is 2.07. The Morgan fingerprint density at radius 3 is 2.50 bits per heavy atom. The van der Waals surface area contributed by atoms with Crippen LogP contribution >= 0.6 is 0 Å². The third kappa shape index (κ3) is 6.68. The first-order valence-corrected chi connectivity index (χ1v) is 6.89. The molecule has 0 fully saturated rings. The minimum Gasteiger partial charge on any atom is -0.461 e. The summed E-state index contributed by atoms with van der Waals surface area (Å²) in [6.45, 7) is 6.73. The third-order valence-corrected chi connectivity index (χ3v) is 2.87. The van der Waals surface area contributed by atoms with Crippen LogP contribution < -0.4 is 0 Å². The summed E-state index contributed by atoms with van der Waals surface area (Å²) in [4.78, 5) is 13.8. The van der Waals surface area contributed by atoms with Crippen molar-refractivity contribution in [2.75, 3.05) is 20.1 Å². The van der Waals surface area contributed by atoms with Crippen molar-refractivity contribution in [3.05, 3.63) is 35.9 Å². The Labute approximate surface area is 121 Å². The molecule has 1 aromatic carbocycles. The maximum atomic E-state index is 11.9. The second kappa shape index (κ2) is 7.41. The molecular formula is C16H25NO3. The number of rotatable bonds is 7. The molecule has 0 bridgehead atoms. The van der Waals surface area contributed by atoms with Gasteiger partial charge in [-0.3, -0.25) is 4.79 Å². The van der Waals surface area contributed by atoms with Crippen LogP contribution in [-0.2, 0) is 16.1 Å². The second-order valence-corrected chi connectivity index (χ2v) is 6.00. The van der Waals surface area contributed by atoms with Crippen molar-refractivity contribution in [1.29, 1.82) is 0 Å². The molecule has 0 aliphatic rings. The maximum absolute atomic E-state index is 11.9. The fraction of sp³-hybridized carbons (Fsp3) is 0.562. The lowest BCUT2D eigenvalue weighted by molar-refractivity contribution is -0.150. The van der Waals surface area contributed by atoms with Gasteiger partial charge in [0.2, 0.25) is 0 Å². The Kier molecular flexibility index (Phi) is 6.17. The zero-order valence-corrected chi connectivity index (χ0v) is 12.8. The summed E-state index contributed by atoms with van der Waals surface area (Å²) in [6.07, 6.45) is 0. The summed E-state index contributed by atoms with van der Waals surface area (Å²) in [7, 11) is 1.89. The quantitative estimate of drug-likeness (QED) is 0.776. The molecule has 0 heterocycles. The van der Waals surface area contributed by atoms with Gasteiger partial charge in [0.1, 0.15) is 6.61 Å². The van der Waals surface area contributed by atoms with Crippen LogP contribution in [0.1, 0.15) is 26.3 Å². The first-order valence-electron chi connectivity index (χ1n) is 6.89. The van der Waals surface area contributed by atoms with E-state index in [4.69, 9.17) is 4.74 Å². The van der Waals surface area contributed by atoms with Gasteiger partial charge >= 0.3 is 5.97 Å². The fourth-order valence-electron chi connectivity index (χ4n) is 2.14. The maximum Gasteiger partial charge on any atom is 0.310 e. The zero-order chi connectivity index (χ0) is 15.2. The van der Waals surface area contributed by atoms with Gasteiger partial charge in [-0.15, -0.1) is 0 Å². The first-order chi connectivity index (χ1) is 9.28. The molecule has 20 heavy (non-hydrogen) atoms. The normalized spacial score (nSPS) is 13.3. The Morgan fingerprint density at radius 1 is 1.35 bits per heavy atom. The molecule has 0 aliphatic heterocycles. The van der Waals surface area contributed by atoms with E-state index in [-0.39, 0.29) is 11.9 Å². The van der Waals surface area contributed by atoms with Gasteiger partial charge in [-0.25, -0.2) is 0 Å². The highest BCUT2D eigenvalue weighted by Gasteiger charge is 2.21. The van der Waals surface area contributed by atoms with Crippen LogP contribution in [0.5, 0.6) is 0 Å². The van der Waals surface area contributed by atoms with E-state index in [9.17, 15) is 9.90 Å². The summed E-state index contributed by atoms with van der Waals surface area (Å²) in [5.74, 6) is -0.428. The lowest BCUT2D eigenvalue weighted by Gasteiger charge is -2.27. The number of carbonyl (C=O) groups excluding carboxylic acids is 1. The van der Waals surface area contributed by atoms with E-state index in [1.54, 1.807) is 13.8 Å². The highest BCUT2D eigenvalue weighted by atomic mass is 16.5. The number of hydrogen-bond acceptors (Lipinski definition) is 4. The molecule has 4 nitrogen and oxygen atoms in total. The van der Waals surface area contributed by atoms with Gasteiger partial charge < -0.3 is 14.7 Å². The largest absolute Gasteiger partial charge is 0.461 e. The summed E-state index contributed by atoms with van der Waals surface area (Å²) in [6, 6.07) is 9.63. The van der Waals surface area contributed by atoms with Crippen LogP contribution in [0.3, 0.4) is 0 Å². The van der Waals surface area contributed by atoms with Crippen molar-refractivity contribution in [3.63, 3.8) is 0 Å². The number of benzene rings is 1. The monoisotopic (exact) mass is 279 g/mol. The first kappa shape index (κ1) is 16.7. The van der Waals surface area contributed by atoms with Crippen molar-refractivity contribution in [1.82, 2.24) is 4.90 Å². The lowest BCUT2D eigenvalue weighted by atomic mass is 10.1. The average Bonchev–Trinajstić information content (AvgIpc) is 2.34. The molecule has 0 amide bonds. The highest BCUT2D eigenvalue weighted by molar-refractivity contribution is 5.72. The van der Waals surface area contributed by atoms with Crippen LogP contribution in [0.2, 0.25) is 0 Å². The van der Waals surface area contributed by atoms with Crippen molar-refractivity contribution >= 4 is 5.97 Å². The van der Waals surface area contributed by atoms with E-state index in [1.165, 1.54) is 0 Å². The molecule has 112 valence electrons. The van der Waals surface area contributed by atoms with Crippen molar-refractivity contribution in [2.24, 2.45) is 5.92 Å². The van der Waals surface area contributed by atoms with Gasteiger partial charge in [-0.05, 0) is 26.5 Å². The van der Waals surface area contributed by atoms with Crippen LogP contribution in [-0.4, -0.2) is 41.7 Å². The topological polar surface area (TPSA) is 49.8 Å². The van der Waals surface area contributed by atoms with Crippen LogP contribution in [0.15, 0.2) is 30.3 Å². The second-order valence-electron chi connectivity index (χ2n) is 6.00. The Morgan fingerprint density at radius 2 is 1.95 bits per heavy atom. The standard InChI is InChI=1S/C16H25NO3/c1-13(10-17(4)12-16(2,3)19)15(18)20-11-14-8-6-5-7-9-14/h5-9,13,19H,10-12H2,1-4H3. The van der Waals surface area contributed by atoms with E-state index < -0.39 is 5.60 Å². The number of nitrogens with zero attached hydrogens (tertiary/aromatic N) is 1. The molecule has 1 unspecified atom stereocenters. The molecule has 0 spiro atoms. The number of carbonyl (C=O) groups is 1. The minimum atomic E-state index is -0.761. The van der Waals surface area contributed by atoms with E-state index >= 15 is 0 Å². The van der Waals surface area contributed by atoms with E-state index in [0.717, 1.165) is 5.56 Å². The molecule has 0 saturated carbocycles. The van der Waals surface area contributed by atoms with Gasteiger partial charge in [-0.1, -0.05) is 37.3 Å². The molecule has 0 radical (unpaired) electrons. The molecule has 0 saturated heterocycles. The van der Waals surface area contributed by atoms with Crippen LogP contribution in [0.4, 0.5) is 0 Å². The third-order valence-electron chi connectivity index (χ3n) is 2.87. The molecule has 1 atom stereocenters. The Hall–Kier alpha value is -1.39. The zero-order valence-electron chi connectivity index (χ0n) is 12.8. The lowest BCUT2D eigenvalue weighted by Crippen LogP contribution is -2.39. The molecular weight excluding hydrogens is 254 g/mol. The number of likely N-dealkylation sites (N-methyl/N-ethyl adjacent to an activating group) is 1. The molecule has 0 aliphatic carbocycles. The molecule has 1 N–H and O–H groups in total. The van der Waals surface area contributed by atoms with Crippen molar-refractivity contribution in [3.8, 4) is 0 Å². The fourth-order valence-corrected chi connectivity index (χ4v) is 2.14. The Balaban J connectivity index is 2.36. The minimum absolute atomic E-state index is 0.212. The van der Waals surface area contributed by atoms with Crippen molar-refractivity contribution in [2.45, 2.75) is 33.0 Å². The molecule has 1 rings (SSSR count). The van der Waals surface area contributed by atoms with E-state index in [0.29, 0.717) is 19.7 Å². The summed E-state index contributed by atoms with van der Waals surface area (Å²) in [5, 5.41) is 9.73. The molecule has 1 aromatic rings. The summed E-state index contributed by atoms with van der Waals surface area (Å²) in [5.41, 5.74) is 0.223. The number of esters is 1.